The first-order chi connectivity index (χ1) is 8.41. The molecule has 2 aromatic rings. The van der Waals surface area contributed by atoms with Crippen molar-refractivity contribution < 1.29 is 18.0 Å². The number of alkyl halides is 3. The number of nitrogens with one attached hydrogen (secondary N) is 1. The van der Waals surface area contributed by atoms with Crippen LogP contribution in [0.5, 0.6) is 0 Å². The second-order valence-corrected chi connectivity index (χ2v) is 3.40. The molecule has 2 rings (SSSR count). The lowest BCUT2D eigenvalue weighted by molar-refractivity contribution is -0.140. The lowest BCUT2D eigenvalue weighted by atomic mass is 10.1. The van der Waals surface area contributed by atoms with Crippen molar-refractivity contribution >= 4 is 5.91 Å². The molecule has 8 heteroatoms. The second-order valence-electron chi connectivity index (χ2n) is 3.40. The Balaban J connectivity index is 2.70. The van der Waals surface area contributed by atoms with E-state index in [2.05, 4.69) is 10.1 Å². The van der Waals surface area contributed by atoms with Crippen molar-refractivity contribution in [3.63, 3.8) is 0 Å². The maximum Gasteiger partial charge on any atom is 0.433 e. The SMILES string of the molecule is NC(=O)c1n[nH]c(C(F)(F)F)c1-c1ccccn1. The minimum Gasteiger partial charge on any atom is -0.364 e. The highest BCUT2D eigenvalue weighted by molar-refractivity contribution is 5.98. The molecule has 2 heterocycles. The summed E-state index contributed by atoms with van der Waals surface area (Å²) in [6, 6.07) is 4.38. The van der Waals surface area contributed by atoms with Crippen LogP contribution in [0.1, 0.15) is 16.2 Å². The van der Waals surface area contributed by atoms with E-state index in [1.807, 2.05) is 0 Å². The summed E-state index contributed by atoms with van der Waals surface area (Å²) in [4.78, 5) is 14.9. The first-order valence-corrected chi connectivity index (χ1v) is 4.78. The molecule has 0 aliphatic heterocycles. The Labute approximate surface area is 98.8 Å². The molecule has 2 aromatic heterocycles. The van der Waals surface area contributed by atoms with Gasteiger partial charge in [-0.15, -0.1) is 0 Å². The van der Waals surface area contributed by atoms with E-state index < -0.39 is 29.0 Å². The van der Waals surface area contributed by atoms with Gasteiger partial charge in [0.15, 0.2) is 5.69 Å². The largest absolute Gasteiger partial charge is 0.433 e. The molecular formula is C10H7F3N4O. The number of hydrogen-bond acceptors (Lipinski definition) is 3. The number of amides is 1. The van der Waals surface area contributed by atoms with E-state index in [0.717, 1.165) is 0 Å². The fraction of sp³-hybridized carbons (Fsp3) is 0.100. The number of halogens is 3. The molecule has 18 heavy (non-hydrogen) atoms. The van der Waals surface area contributed by atoms with Gasteiger partial charge in [-0.25, -0.2) is 0 Å². The van der Waals surface area contributed by atoms with Crippen molar-refractivity contribution in [1.82, 2.24) is 15.2 Å². The Morgan fingerprint density at radius 2 is 2.06 bits per heavy atom. The van der Waals surface area contributed by atoms with E-state index >= 15 is 0 Å². The second kappa shape index (κ2) is 4.13. The van der Waals surface area contributed by atoms with E-state index in [1.54, 1.807) is 11.2 Å². The Morgan fingerprint density at radius 3 is 2.56 bits per heavy atom. The van der Waals surface area contributed by atoms with Crippen LogP contribution in [-0.4, -0.2) is 21.1 Å². The van der Waals surface area contributed by atoms with Gasteiger partial charge in [-0.2, -0.15) is 18.3 Å². The topological polar surface area (TPSA) is 84.7 Å². The molecule has 5 nitrogen and oxygen atoms in total. The van der Waals surface area contributed by atoms with Crippen molar-refractivity contribution in [2.45, 2.75) is 6.18 Å². The first-order valence-electron chi connectivity index (χ1n) is 4.78. The molecule has 0 aliphatic rings. The maximum absolute atomic E-state index is 12.8. The number of carbonyl (C=O) groups is 1. The Bertz CT molecular complexity index is 577. The van der Waals surface area contributed by atoms with Gasteiger partial charge in [0.05, 0.1) is 11.3 Å². The average molecular weight is 256 g/mol. The third-order valence-electron chi connectivity index (χ3n) is 2.20. The molecule has 94 valence electrons. The number of nitrogens with zero attached hydrogens (tertiary/aromatic N) is 2. The highest BCUT2D eigenvalue weighted by Crippen LogP contribution is 2.36. The van der Waals surface area contributed by atoms with Gasteiger partial charge in [0.25, 0.3) is 5.91 Å². The number of carbonyl (C=O) groups excluding carboxylic acids is 1. The summed E-state index contributed by atoms with van der Waals surface area (Å²) in [5.41, 5.74) is 2.91. The monoisotopic (exact) mass is 256 g/mol. The lowest BCUT2D eigenvalue weighted by Gasteiger charge is -2.07. The van der Waals surface area contributed by atoms with Crippen molar-refractivity contribution in [3.05, 3.63) is 35.8 Å². The zero-order valence-electron chi connectivity index (χ0n) is 8.82. The Kier molecular flexibility index (Phi) is 2.77. The zero-order valence-corrected chi connectivity index (χ0v) is 8.82. The van der Waals surface area contributed by atoms with E-state index in [-0.39, 0.29) is 5.69 Å². The normalized spacial score (nSPS) is 11.5. The fourth-order valence-electron chi connectivity index (χ4n) is 1.49. The summed E-state index contributed by atoms with van der Waals surface area (Å²) >= 11 is 0. The minimum absolute atomic E-state index is 0.0209. The minimum atomic E-state index is -4.67. The van der Waals surface area contributed by atoms with Crippen molar-refractivity contribution in [2.24, 2.45) is 5.73 Å². The van der Waals surface area contributed by atoms with Crippen LogP contribution in [-0.2, 0) is 6.18 Å². The molecule has 0 atom stereocenters. The van der Waals surface area contributed by atoms with Crippen LogP contribution in [0, 0.1) is 0 Å². The predicted octanol–water partition coefficient (Wildman–Crippen LogP) is 1.59. The predicted molar refractivity (Wildman–Crippen MR) is 55.3 cm³/mol. The molecule has 0 spiro atoms. The molecule has 1 amide bonds. The Morgan fingerprint density at radius 1 is 1.33 bits per heavy atom. The van der Waals surface area contributed by atoms with Gasteiger partial charge in [-0.3, -0.25) is 14.9 Å². The van der Waals surface area contributed by atoms with Crippen LogP contribution >= 0.6 is 0 Å². The third-order valence-corrected chi connectivity index (χ3v) is 2.20. The molecular weight excluding hydrogens is 249 g/mol. The molecule has 0 saturated carbocycles. The number of primary amides is 1. The summed E-state index contributed by atoms with van der Waals surface area (Å²) in [7, 11) is 0. The van der Waals surface area contributed by atoms with Gasteiger partial charge in [0, 0.05) is 6.20 Å². The number of hydrogen-bond donors (Lipinski definition) is 2. The fourth-order valence-corrected chi connectivity index (χ4v) is 1.49. The highest BCUT2D eigenvalue weighted by Gasteiger charge is 2.39. The molecule has 0 saturated heterocycles. The van der Waals surface area contributed by atoms with Crippen LogP contribution < -0.4 is 5.73 Å². The summed E-state index contributed by atoms with van der Waals surface area (Å²) < 4.78 is 38.3. The van der Waals surface area contributed by atoms with Gasteiger partial charge in [-0.05, 0) is 12.1 Å². The van der Waals surface area contributed by atoms with Gasteiger partial charge < -0.3 is 5.73 Å². The summed E-state index contributed by atoms with van der Waals surface area (Å²) in [5, 5.41) is 5.08. The average Bonchev–Trinajstić information content (AvgIpc) is 2.74. The van der Waals surface area contributed by atoms with Gasteiger partial charge in [0.2, 0.25) is 0 Å². The number of nitrogens with two attached hydrogens (primary N) is 1. The Hall–Kier alpha value is -2.38. The molecule has 0 fully saturated rings. The molecule has 0 radical (unpaired) electrons. The summed E-state index contributed by atoms with van der Waals surface area (Å²) in [6.45, 7) is 0. The van der Waals surface area contributed by atoms with Gasteiger partial charge in [-0.1, -0.05) is 6.07 Å². The standard InChI is InChI=1S/C10H7F3N4O/c11-10(12,13)8-6(5-3-1-2-4-15-5)7(9(14)18)16-17-8/h1-4H,(H2,14,18)(H,16,17). The molecule has 0 unspecified atom stereocenters. The highest BCUT2D eigenvalue weighted by atomic mass is 19.4. The molecule has 3 N–H and O–H groups in total. The maximum atomic E-state index is 12.8. The quantitative estimate of drug-likeness (QED) is 0.855. The molecule has 0 bridgehead atoms. The van der Waals surface area contributed by atoms with Crippen molar-refractivity contribution in [2.75, 3.05) is 0 Å². The summed E-state index contributed by atoms with van der Waals surface area (Å²) in [6.07, 6.45) is -3.36. The van der Waals surface area contributed by atoms with Crippen LogP contribution in [0.2, 0.25) is 0 Å². The number of aromatic amines is 1. The van der Waals surface area contributed by atoms with Crippen molar-refractivity contribution in [3.8, 4) is 11.3 Å². The van der Waals surface area contributed by atoms with E-state index in [4.69, 9.17) is 5.73 Å². The smallest absolute Gasteiger partial charge is 0.364 e. The number of H-pyrrole nitrogens is 1. The van der Waals surface area contributed by atoms with Crippen LogP contribution in [0.15, 0.2) is 24.4 Å². The summed E-state index contributed by atoms with van der Waals surface area (Å²) in [5.74, 6) is -1.05. The third kappa shape index (κ3) is 2.04. The lowest BCUT2D eigenvalue weighted by Crippen LogP contribution is -2.14. The van der Waals surface area contributed by atoms with E-state index in [0.29, 0.717) is 0 Å². The van der Waals surface area contributed by atoms with Crippen molar-refractivity contribution in [1.29, 1.82) is 0 Å². The van der Waals surface area contributed by atoms with Gasteiger partial charge in [0.1, 0.15) is 5.69 Å². The molecule has 0 aromatic carbocycles. The van der Waals surface area contributed by atoms with E-state index in [9.17, 15) is 18.0 Å². The van der Waals surface area contributed by atoms with E-state index in [1.165, 1.54) is 18.3 Å². The number of pyridine rings is 1. The van der Waals surface area contributed by atoms with Crippen LogP contribution in [0.3, 0.4) is 0 Å². The van der Waals surface area contributed by atoms with Gasteiger partial charge >= 0.3 is 6.18 Å². The number of rotatable bonds is 2. The van der Waals surface area contributed by atoms with Crippen LogP contribution in [0.4, 0.5) is 13.2 Å². The van der Waals surface area contributed by atoms with Crippen LogP contribution in [0.25, 0.3) is 11.3 Å². The molecule has 0 aliphatic carbocycles. The zero-order chi connectivity index (χ0) is 13.3. The first kappa shape index (κ1) is 12.1. The number of aromatic nitrogens is 3.